The van der Waals surface area contributed by atoms with E-state index in [4.69, 9.17) is 5.73 Å². The number of thiophene rings is 1. The van der Waals surface area contributed by atoms with Gasteiger partial charge < -0.3 is 11.1 Å². The Bertz CT molecular complexity index is 1140. The van der Waals surface area contributed by atoms with E-state index in [-0.39, 0.29) is 23.6 Å². The van der Waals surface area contributed by atoms with E-state index in [1.54, 1.807) is 22.2 Å². The zero-order valence-electron chi connectivity index (χ0n) is 18.8. The minimum absolute atomic E-state index is 0.0711. The SMILES string of the molecule is CC(C)C[C@H](N[C@@H]1CCc2c(sc3ncn(CCCc4ccccc4)c(=O)c23)C1)C(N)=O. The van der Waals surface area contributed by atoms with Crippen molar-refractivity contribution in [2.75, 3.05) is 0 Å². The van der Waals surface area contributed by atoms with Crippen molar-refractivity contribution in [3.8, 4) is 0 Å². The van der Waals surface area contributed by atoms with Gasteiger partial charge in [-0.25, -0.2) is 4.98 Å². The number of fused-ring (bicyclic) bond motifs is 3. The molecule has 3 N–H and O–H groups in total. The number of carbonyl (C=O) groups excluding carboxylic acids is 1. The monoisotopic (exact) mass is 452 g/mol. The second-order valence-electron chi connectivity index (χ2n) is 9.21. The van der Waals surface area contributed by atoms with E-state index < -0.39 is 0 Å². The van der Waals surface area contributed by atoms with Gasteiger partial charge in [0.15, 0.2) is 0 Å². The normalized spacial score (nSPS) is 16.9. The highest BCUT2D eigenvalue weighted by molar-refractivity contribution is 7.18. The van der Waals surface area contributed by atoms with Crippen molar-refractivity contribution in [2.24, 2.45) is 11.7 Å². The van der Waals surface area contributed by atoms with Crippen molar-refractivity contribution >= 4 is 27.5 Å². The molecule has 0 saturated heterocycles. The van der Waals surface area contributed by atoms with Crippen LogP contribution in [-0.4, -0.2) is 27.5 Å². The number of nitrogens with zero attached hydrogens (tertiary/aromatic N) is 2. The average Bonchev–Trinajstić information content (AvgIpc) is 3.14. The summed E-state index contributed by atoms with van der Waals surface area (Å²) >= 11 is 1.62. The Hall–Kier alpha value is -2.51. The smallest absolute Gasteiger partial charge is 0.262 e. The summed E-state index contributed by atoms with van der Waals surface area (Å²) < 4.78 is 1.76. The van der Waals surface area contributed by atoms with Gasteiger partial charge in [0.25, 0.3) is 5.56 Å². The first-order chi connectivity index (χ1) is 15.4. The first-order valence-corrected chi connectivity index (χ1v) is 12.3. The highest BCUT2D eigenvalue weighted by Gasteiger charge is 2.28. The van der Waals surface area contributed by atoms with E-state index in [0.717, 1.165) is 54.3 Å². The molecule has 32 heavy (non-hydrogen) atoms. The molecular formula is C25H32N4O2S. The lowest BCUT2D eigenvalue weighted by Gasteiger charge is -2.28. The zero-order chi connectivity index (χ0) is 22.7. The zero-order valence-corrected chi connectivity index (χ0v) is 19.7. The van der Waals surface area contributed by atoms with Crippen LogP contribution in [0.15, 0.2) is 41.5 Å². The third-order valence-corrected chi connectivity index (χ3v) is 7.39. The Kier molecular flexibility index (Phi) is 7.06. The first-order valence-electron chi connectivity index (χ1n) is 11.5. The predicted molar refractivity (Wildman–Crippen MR) is 130 cm³/mol. The second-order valence-corrected chi connectivity index (χ2v) is 10.3. The van der Waals surface area contributed by atoms with Crippen LogP contribution in [-0.2, 0) is 30.6 Å². The van der Waals surface area contributed by atoms with E-state index in [2.05, 4.69) is 36.3 Å². The number of nitrogens with two attached hydrogens (primary N) is 1. The molecule has 7 heteroatoms. The van der Waals surface area contributed by atoms with Gasteiger partial charge in [0.05, 0.1) is 17.8 Å². The van der Waals surface area contributed by atoms with Crippen LogP contribution in [0.2, 0.25) is 0 Å². The van der Waals surface area contributed by atoms with E-state index in [9.17, 15) is 9.59 Å². The topological polar surface area (TPSA) is 90.0 Å². The number of amides is 1. The summed E-state index contributed by atoms with van der Waals surface area (Å²) in [6.45, 7) is 4.86. The lowest BCUT2D eigenvalue weighted by atomic mass is 9.91. The van der Waals surface area contributed by atoms with Crippen LogP contribution in [0.4, 0.5) is 0 Å². The van der Waals surface area contributed by atoms with Crippen LogP contribution in [0.3, 0.4) is 0 Å². The molecule has 4 rings (SSSR count). The fourth-order valence-electron chi connectivity index (χ4n) is 4.62. The van der Waals surface area contributed by atoms with E-state index in [1.807, 2.05) is 18.2 Å². The molecule has 1 aliphatic rings. The molecule has 1 aromatic carbocycles. The predicted octanol–water partition coefficient (Wildman–Crippen LogP) is 3.44. The molecule has 1 aliphatic carbocycles. The molecule has 0 unspecified atom stereocenters. The fourth-order valence-corrected chi connectivity index (χ4v) is 5.88. The molecule has 2 heterocycles. The lowest BCUT2D eigenvalue weighted by Crippen LogP contribution is -2.48. The standard InChI is InChI=1S/C25H32N4O2S/c1-16(2)13-20(23(26)30)28-18-10-11-19-21(14-18)32-24-22(19)25(31)29(15-27-24)12-6-9-17-7-4-3-5-8-17/h3-5,7-8,15-16,18,20,28H,6,9-14H2,1-2H3,(H2,26,30)/t18-,20+/m1/s1. The molecule has 1 amide bonds. The Morgan fingerprint density at radius 2 is 2.09 bits per heavy atom. The third kappa shape index (κ3) is 5.10. The molecule has 170 valence electrons. The highest BCUT2D eigenvalue weighted by Crippen LogP contribution is 2.34. The molecule has 3 aromatic rings. The minimum atomic E-state index is -0.309. The van der Waals surface area contributed by atoms with Gasteiger partial charge in [-0.3, -0.25) is 14.2 Å². The van der Waals surface area contributed by atoms with Crippen LogP contribution in [0.5, 0.6) is 0 Å². The molecule has 6 nitrogen and oxygen atoms in total. The van der Waals surface area contributed by atoms with Gasteiger partial charge in [-0.2, -0.15) is 0 Å². The lowest BCUT2D eigenvalue weighted by molar-refractivity contribution is -0.120. The van der Waals surface area contributed by atoms with Crippen LogP contribution in [0, 0.1) is 5.92 Å². The number of aryl methyl sites for hydroxylation is 3. The van der Waals surface area contributed by atoms with E-state index in [0.29, 0.717) is 12.5 Å². The summed E-state index contributed by atoms with van der Waals surface area (Å²) in [5.74, 6) is 0.105. The maximum absolute atomic E-state index is 13.2. The van der Waals surface area contributed by atoms with Gasteiger partial charge in [-0.1, -0.05) is 44.2 Å². The molecular weight excluding hydrogens is 420 g/mol. The molecule has 0 saturated carbocycles. The number of carbonyl (C=O) groups is 1. The number of aromatic nitrogens is 2. The summed E-state index contributed by atoms with van der Waals surface area (Å²) in [5, 5.41) is 4.26. The van der Waals surface area contributed by atoms with Crippen molar-refractivity contribution in [1.29, 1.82) is 0 Å². The highest BCUT2D eigenvalue weighted by atomic mass is 32.1. The molecule has 0 spiro atoms. The third-order valence-electron chi connectivity index (χ3n) is 6.23. The number of hydrogen-bond acceptors (Lipinski definition) is 5. The summed E-state index contributed by atoms with van der Waals surface area (Å²) in [4.78, 5) is 31.7. The summed E-state index contributed by atoms with van der Waals surface area (Å²) in [6.07, 6.45) is 6.80. The van der Waals surface area contributed by atoms with Crippen LogP contribution in [0.25, 0.3) is 10.2 Å². The van der Waals surface area contributed by atoms with E-state index >= 15 is 0 Å². The Morgan fingerprint density at radius 3 is 2.81 bits per heavy atom. The van der Waals surface area contributed by atoms with Gasteiger partial charge >= 0.3 is 0 Å². The summed E-state index contributed by atoms with van der Waals surface area (Å²) in [6, 6.07) is 10.2. The second kappa shape index (κ2) is 9.96. The largest absolute Gasteiger partial charge is 0.368 e. The molecule has 2 atom stereocenters. The van der Waals surface area contributed by atoms with Crippen molar-refractivity contribution in [3.63, 3.8) is 0 Å². The Morgan fingerprint density at radius 1 is 1.31 bits per heavy atom. The fraction of sp³-hybridized carbons (Fsp3) is 0.480. The van der Waals surface area contributed by atoms with Gasteiger partial charge in [0, 0.05) is 17.5 Å². The number of primary amides is 1. The van der Waals surface area contributed by atoms with Gasteiger partial charge in [-0.05, 0) is 55.6 Å². The van der Waals surface area contributed by atoms with Crippen LogP contribution >= 0.6 is 11.3 Å². The number of benzene rings is 1. The quantitative estimate of drug-likeness (QED) is 0.520. The Labute approximate surface area is 192 Å². The van der Waals surface area contributed by atoms with Crippen molar-refractivity contribution < 1.29 is 4.79 Å². The number of hydrogen-bond donors (Lipinski definition) is 2. The molecule has 0 fully saturated rings. The Balaban J connectivity index is 1.48. The number of nitrogens with one attached hydrogen (secondary N) is 1. The number of rotatable bonds is 9. The van der Waals surface area contributed by atoms with E-state index in [1.165, 1.54) is 10.4 Å². The van der Waals surface area contributed by atoms with Gasteiger partial charge in [0.2, 0.25) is 5.91 Å². The van der Waals surface area contributed by atoms with Crippen molar-refractivity contribution in [2.45, 2.75) is 71.0 Å². The van der Waals surface area contributed by atoms with Crippen LogP contribution < -0.4 is 16.6 Å². The first kappa shape index (κ1) is 22.7. The maximum Gasteiger partial charge on any atom is 0.262 e. The molecule has 0 bridgehead atoms. The molecule has 0 aliphatic heterocycles. The summed E-state index contributed by atoms with van der Waals surface area (Å²) in [5.41, 5.74) is 8.13. The minimum Gasteiger partial charge on any atom is -0.368 e. The average molecular weight is 453 g/mol. The molecule has 2 aromatic heterocycles. The van der Waals surface area contributed by atoms with Crippen LogP contribution in [0.1, 0.15) is 49.1 Å². The van der Waals surface area contributed by atoms with Gasteiger partial charge in [0.1, 0.15) is 4.83 Å². The maximum atomic E-state index is 13.2. The molecule has 0 radical (unpaired) electrons. The van der Waals surface area contributed by atoms with Gasteiger partial charge in [-0.15, -0.1) is 11.3 Å². The van der Waals surface area contributed by atoms with Crippen molar-refractivity contribution in [1.82, 2.24) is 14.9 Å². The summed E-state index contributed by atoms with van der Waals surface area (Å²) in [7, 11) is 0. The van der Waals surface area contributed by atoms with Crippen molar-refractivity contribution in [3.05, 3.63) is 63.0 Å².